The molecule has 130 valence electrons. The number of nitrogens with zero attached hydrogens (tertiary/aromatic N) is 4. The maximum atomic E-state index is 13.9. The standard InChI is InChI=1S/C16H16ClFN6S/c1-10-14(8-19-23(10)2)20-16(25)21-15-6-7-24(22-15)9-11-12(17)4-3-5-13(11)18/h3-8H,9H2,1-2H3,(H2,20,21,22,25). The molecule has 0 bridgehead atoms. The summed E-state index contributed by atoms with van der Waals surface area (Å²) in [5, 5.41) is 15.3. The van der Waals surface area contributed by atoms with Gasteiger partial charge in [-0.2, -0.15) is 10.2 Å². The molecule has 0 saturated heterocycles. The minimum Gasteiger partial charge on any atom is -0.330 e. The normalized spacial score (nSPS) is 10.7. The van der Waals surface area contributed by atoms with Gasteiger partial charge in [-0.1, -0.05) is 17.7 Å². The Kier molecular flexibility index (Phi) is 5.00. The first-order valence-electron chi connectivity index (χ1n) is 7.47. The van der Waals surface area contributed by atoms with Crippen molar-refractivity contribution in [3.8, 4) is 0 Å². The largest absolute Gasteiger partial charge is 0.330 e. The fourth-order valence-electron chi connectivity index (χ4n) is 2.25. The van der Waals surface area contributed by atoms with Gasteiger partial charge in [-0.25, -0.2) is 4.39 Å². The van der Waals surface area contributed by atoms with Gasteiger partial charge in [0, 0.05) is 29.9 Å². The second-order valence-electron chi connectivity index (χ2n) is 5.45. The molecule has 0 amide bonds. The summed E-state index contributed by atoms with van der Waals surface area (Å²) in [5.41, 5.74) is 2.17. The molecule has 2 heterocycles. The summed E-state index contributed by atoms with van der Waals surface area (Å²) in [4.78, 5) is 0. The van der Waals surface area contributed by atoms with E-state index in [9.17, 15) is 4.39 Å². The van der Waals surface area contributed by atoms with Crippen molar-refractivity contribution in [2.75, 3.05) is 10.6 Å². The SMILES string of the molecule is Cc1c(NC(=S)Nc2ccn(Cc3c(F)cccc3Cl)n2)cnn1C. The van der Waals surface area contributed by atoms with Crippen LogP contribution < -0.4 is 10.6 Å². The summed E-state index contributed by atoms with van der Waals surface area (Å²) in [7, 11) is 1.85. The minimum atomic E-state index is -0.359. The molecule has 0 aliphatic heterocycles. The maximum Gasteiger partial charge on any atom is 0.176 e. The van der Waals surface area contributed by atoms with Gasteiger partial charge in [-0.3, -0.25) is 9.36 Å². The first-order chi connectivity index (χ1) is 11.9. The van der Waals surface area contributed by atoms with Crippen molar-refractivity contribution in [1.29, 1.82) is 0 Å². The van der Waals surface area contributed by atoms with E-state index in [0.717, 1.165) is 11.4 Å². The molecule has 3 rings (SSSR count). The third kappa shape index (κ3) is 3.97. The summed E-state index contributed by atoms with van der Waals surface area (Å²) in [6.45, 7) is 2.17. The third-order valence-corrected chi connectivity index (χ3v) is 4.31. The van der Waals surface area contributed by atoms with Crippen molar-refractivity contribution in [2.45, 2.75) is 13.5 Å². The molecule has 0 fully saturated rings. The number of benzene rings is 1. The van der Waals surface area contributed by atoms with Gasteiger partial charge >= 0.3 is 0 Å². The zero-order valence-electron chi connectivity index (χ0n) is 13.6. The van der Waals surface area contributed by atoms with Crippen molar-refractivity contribution < 1.29 is 4.39 Å². The summed E-state index contributed by atoms with van der Waals surface area (Å²) in [5.74, 6) is 0.188. The number of nitrogens with one attached hydrogen (secondary N) is 2. The molecule has 2 aromatic heterocycles. The Morgan fingerprint density at radius 3 is 2.80 bits per heavy atom. The molecule has 3 aromatic rings. The van der Waals surface area contributed by atoms with Gasteiger partial charge in [0.05, 0.1) is 24.1 Å². The summed E-state index contributed by atoms with van der Waals surface area (Å²) < 4.78 is 17.2. The van der Waals surface area contributed by atoms with Gasteiger partial charge in [0.15, 0.2) is 10.9 Å². The van der Waals surface area contributed by atoms with Gasteiger partial charge in [0.25, 0.3) is 0 Å². The van der Waals surface area contributed by atoms with Crippen molar-refractivity contribution >= 4 is 40.4 Å². The van der Waals surface area contributed by atoms with Gasteiger partial charge in [0.1, 0.15) is 5.82 Å². The predicted molar refractivity (Wildman–Crippen MR) is 101 cm³/mol. The van der Waals surface area contributed by atoms with Crippen LogP contribution in [0.4, 0.5) is 15.9 Å². The van der Waals surface area contributed by atoms with Crippen LogP contribution in [-0.2, 0) is 13.6 Å². The molecule has 0 radical (unpaired) electrons. The number of aryl methyl sites for hydroxylation is 1. The highest BCUT2D eigenvalue weighted by molar-refractivity contribution is 7.80. The third-order valence-electron chi connectivity index (χ3n) is 3.75. The number of aromatic nitrogens is 4. The first kappa shape index (κ1) is 17.4. The predicted octanol–water partition coefficient (Wildman–Crippen LogP) is 3.57. The van der Waals surface area contributed by atoms with Crippen molar-refractivity contribution in [3.05, 3.63) is 58.8 Å². The Balaban J connectivity index is 1.65. The zero-order chi connectivity index (χ0) is 18.0. The Morgan fingerprint density at radius 2 is 2.12 bits per heavy atom. The van der Waals surface area contributed by atoms with Crippen LogP contribution in [0.2, 0.25) is 5.02 Å². The van der Waals surface area contributed by atoms with Crippen LogP contribution in [0.5, 0.6) is 0 Å². The smallest absolute Gasteiger partial charge is 0.176 e. The van der Waals surface area contributed by atoms with Crippen LogP contribution in [0.25, 0.3) is 0 Å². The summed E-state index contributed by atoms with van der Waals surface area (Å²) in [6.07, 6.45) is 3.42. The molecule has 1 aromatic carbocycles. The van der Waals surface area contributed by atoms with E-state index in [1.165, 1.54) is 6.07 Å². The number of hydrogen-bond donors (Lipinski definition) is 2. The van der Waals surface area contributed by atoms with E-state index in [1.807, 2.05) is 14.0 Å². The van der Waals surface area contributed by atoms with E-state index in [4.69, 9.17) is 23.8 Å². The Labute approximate surface area is 154 Å². The number of rotatable bonds is 4. The summed E-state index contributed by atoms with van der Waals surface area (Å²) >= 11 is 11.3. The van der Waals surface area contributed by atoms with Crippen LogP contribution in [-0.4, -0.2) is 24.7 Å². The molecule has 0 saturated carbocycles. The van der Waals surface area contributed by atoms with E-state index in [2.05, 4.69) is 20.8 Å². The van der Waals surface area contributed by atoms with Crippen LogP contribution in [0, 0.1) is 12.7 Å². The van der Waals surface area contributed by atoms with Crippen LogP contribution in [0.1, 0.15) is 11.3 Å². The molecular weight excluding hydrogens is 363 g/mol. The molecule has 9 heteroatoms. The lowest BCUT2D eigenvalue weighted by Crippen LogP contribution is -2.20. The lowest BCUT2D eigenvalue weighted by Gasteiger charge is -2.08. The van der Waals surface area contributed by atoms with E-state index >= 15 is 0 Å². The molecular formula is C16H16ClFN6S. The van der Waals surface area contributed by atoms with E-state index < -0.39 is 0 Å². The fourth-order valence-corrected chi connectivity index (χ4v) is 2.69. The zero-order valence-corrected chi connectivity index (χ0v) is 15.2. The van der Waals surface area contributed by atoms with Gasteiger partial charge in [0.2, 0.25) is 0 Å². The summed E-state index contributed by atoms with van der Waals surface area (Å²) in [6, 6.07) is 6.34. The lowest BCUT2D eigenvalue weighted by atomic mass is 10.2. The highest BCUT2D eigenvalue weighted by Gasteiger charge is 2.10. The minimum absolute atomic E-state index is 0.231. The van der Waals surface area contributed by atoms with Crippen molar-refractivity contribution in [3.63, 3.8) is 0 Å². The maximum absolute atomic E-state index is 13.9. The molecule has 2 N–H and O–H groups in total. The molecule has 0 unspecified atom stereocenters. The van der Waals surface area contributed by atoms with E-state index in [1.54, 1.807) is 40.0 Å². The Bertz CT molecular complexity index is 899. The first-order valence-corrected chi connectivity index (χ1v) is 8.25. The van der Waals surface area contributed by atoms with Gasteiger partial charge < -0.3 is 10.6 Å². The number of halogens is 2. The van der Waals surface area contributed by atoms with Crippen LogP contribution in [0.15, 0.2) is 36.7 Å². The molecule has 0 atom stereocenters. The van der Waals surface area contributed by atoms with E-state index in [0.29, 0.717) is 21.5 Å². The highest BCUT2D eigenvalue weighted by Crippen LogP contribution is 2.20. The second kappa shape index (κ2) is 7.20. The average molecular weight is 379 g/mol. The van der Waals surface area contributed by atoms with Crippen LogP contribution >= 0.6 is 23.8 Å². The Morgan fingerprint density at radius 1 is 1.32 bits per heavy atom. The van der Waals surface area contributed by atoms with Gasteiger partial charge in [-0.05, 0) is 31.3 Å². The number of hydrogen-bond acceptors (Lipinski definition) is 3. The van der Waals surface area contributed by atoms with E-state index in [-0.39, 0.29) is 12.4 Å². The lowest BCUT2D eigenvalue weighted by molar-refractivity contribution is 0.586. The molecule has 25 heavy (non-hydrogen) atoms. The topological polar surface area (TPSA) is 59.7 Å². The van der Waals surface area contributed by atoms with Crippen molar-refractivity contribution in [1.82, 2.24) is 19.6 Å². The molecule has 0 aliphatic rings. The van der Waals surface area contributed by atoms with Crippen molar-refractivity contribution in [2.24, 2.45) is 7.05 Å². The fraction of sp³-hybridized carbons (Fsp3) is 0.188. The number of anilines is 2. The molecule has 0 aliphatic carbocycles. The number of thiocarbonyl (C=S) groups is 1. The molecule has 6 nitrogen and oxygen atoms in total. The van der Waals surface area contributed by atoms with Gasteiger partial charge in [-0.15, -0.1) is 0 Å². The quantitative estimate of drug-likeness (QED) is 0.679. The average Bonchev–Trinajstić information content (AvgIpc) is 3.12. The highest BCUT2D eigenvalue weighted by atomic mass is 35.5. The monoisotopic (exact) mass is 378 g/mol. The van der Waals surface area contributed by atoms with Crippen LogP contribution in [0.3, 0.4) is 0 Å². The Hall–Kier alpha value is -2.45. The molecule has 0 spiro atoms. The second-order valence-corrected chi connectivity index (χ2v) is 6.26.